The van der Waals surface area contributed by atoms with Gasteiger partial charge in [0.15, 0.2) is 0 Å². The number of phenols is 1. The van der Waals surface area contributed by atoms with E-state index in [1.807, 2.05) is 12.1 Å². The maximum Gasteiger partial charge on any atom is 0.303 e. The third kappa shape index (κ3) is 4.90. The van der Waals surface area contributed by atoms with Crippen LogP contribution in [0.1, 0.15) is 62.8 Å². The smallest absolute Gasteiger partial charge is 0.303 e. The molecular weight excluding hydrogens is 276 g/mol. The molecule has 1 aromatic carbocycles. The molecule has 3 heteroatoms. The van der Waals surface area contributed by atoms with E-state index in [0.717, 1.165) is 24.8 Å². The number of phenolic OH excluding ortho intramolecular Hbond substituents is 1. The van der Waals surface area contributed by atoms with Gasteiger partial charge >= 0.3 is 5.97 Å². The summed E-state index contributed by atoms with van der Waals surface area (Å²) in [6.07, 6.45) is 12.0. The molecule has 0 aliphatic heterocycles. The maximum atomic E-state index is 10.5. The summed E-state index contributed by atoms with van der Waals surface area (Å²) in [7, 11) is 0. The van der Waals surface area contributed by atoms with Gasteiger partial charge in [-0.05, 0) is 55.6 Å². The van der Waals surface area contributed by atoms with Crippen LogP contribution in [0.15, 0.2) is 36.4 Å². The van der Waals surface area contributed by atoms with Gasteiger partial charge in [0.05, 0.1) is 0 Å². The minimum atomic E-state index is -0.722. The van der Waals surface area contributed by atoms with Crippen molar-refractivity contribution in [3.05, 3.63) is 42.0 Å². The first-order chi connectivity index (χ1) is 10.7. The normalized spacial score (nSPS) is 22.0. The summed E-state index contributed by atoms with van der Waals surface area (Å²) in [5.41, 5.74) is 1.09. The second-order valence-electron chi connectivity index (χ2n) is 6.20. The molecule has 0 bridgehead atoms. The summed E-state index contributed by atoms with van der Waals surface area (Å²) in [5.74, 6) is 0.724. The van der Waals surface area contributed by atoms with Crippen molar-refractivity contribution in [3.8, 4) is 5.75 Å². The fraction of sp³-hybridized carbons (Fsp3) is 0.526. The Hall–Kier alpha value is -1.77. The van der Waals surface area contributed by atoms with E-state index < -0.39 is 5.97 Å². The molecule has 0 radical (unpaired) electrons. The van der Waals surface area contributed by atoms with Crippen LogP contribution in [-0.2, 0) is 4.79 Å². The molecule has 2 N–H and O–H groups in total. The highest BCUT2D eigenvalue weighted by molar-refractivity contribution is 5.66. The fourth-order valence-corrected chi connectivity index (χ4v) is 3.46. The molecule has 0 spiro atoms. The van der Waals surface area contributed by atoms with Gasteiger partial charge in [-0.1, -0.05) is 43.2 Å². The molecule has 22 heavy (non-hydrogen) atoms. The summed E-state index contributed by atoms with van der Waals surface area (Å²) >= 11 is 0. The predicted molar refractivity (Wildman–Crippen MR) is 88.0 cm³/mol. The third-order valence-corrected chi connectivity index (χ3v) is 4.61. The molecule has 2 atom stereocenters. The van der Waals surface area contributed by atoms with Crippen molar-refractivity contribution in [1.29, 1.82) is 0 Å². The van der Waals surface area contributed by atoms with Gasteiger partial charge in [-0.15, -0.1) is 0 Å². The largest absolute Gasteiger partial charge is 0.508 e. The molecule has 3 nitrogen and oxygen atoms in total. The summed E-state index contributed by atoms with van der Waals surface area (Å²) in [4.78, 5) is 10.5. The highest BCUT2D eigenvalue weighted by Gasteiger charge is 2.27. The molecule has 1 saturated carbocycles. The molecule has 120 valence electrons. The number of unbranched alkanes of at least 4 members (excludes halogenated alkanes) is 1. The minimum Gasteiger partial charge on any atom is -0.508 e. The molecule has 0 heterocycles. The number of rotatable bonds is 7. The number of carboxylic acid groups (broad SMARTS) is 1. The number of benzene rings is 1. The SMILES string of the molecule is O=C(O)CCCC=CC[C@@H]1CCCC[C@@H]1c1ccccc1O. The van der Waals surface area contributed by atoms with Crippen LogP contribution in [0.3, 0.4) is 0 Å². The first-order valence-electron chi connectivity index (χ1n) is 8.33. The van der Waals surface area contributed by atoms with Gasteiger partial charge < -0.3 is 10.2 Å². The first-order valence-corrected chi connectivity index (χ1v) is 8.33. The Balaban J connectivity index is 1.89. The Morgan fingerprint density at radius 2 is 1.95 bits per heavy atom. The van der Waals surface area contributed by atoms with E-state index in [1.165, 1.54) is 19.3 Å². The molecule has 0 amide bonds. The van der Waals surface area contributed by atoms with Crippen molar-refractivity contribution in [2.45, 2.75) is 57.3 Å². The quantitative estimate of drug-likeness (QED) is 0.558. The zero-order valence-electron chi connectivity index (χ0n) is 13.1. The molecule has 0 aromatic heterocycles. The number of carboxylic acids is 1. The van der Waals surface area contributed by atoms with Crippen LogP contribution in [0.25, 0.3) is 0 Å². The molecule has 0 saturated heterocycles. The monoisotopic (exact) mass is 302 g/mol. The van der Waals surface area contributed by atoms with Crippen LogP contribution < -0.4 is 0 Å². The van der Waals surface area contributed by atoms with Crippen molar-refractivity contribution >= 4 is 5.97 Å². The van der Waals surface area contributed by atoms with Crippen LogP contribution in [0.2, 0.25) is 0 Å². The second kappa shape index (κ2) is 8.62. The van der Waals surface area contributed by atoms with Crippen molar-refractivity contribution in [3.63, 3.8) is 0 Å². The minimum absolute atomic E-state index is 0.244. The number of carbonyl (C=O) groups is 1. The number of allylic oxidation sites excluding steroid dienone is 2. The molecule has 2 rings (SSSR count). The maximum absolute atomic E-state index is 10.5. The average molecular weight is 302 g/mol. The van der Waals surface area contributed by atoms with Gasteiger partial charge in [0.2, 0.25) is 0 Å². The zero-order chi connectivity index (χ0) is 15.8. The fourth-order valence-electron chi connectivity index (χ4n) is 3.46. The van der Waals surface area contributed by atoms with Gasteiger partial charge in [0, 0.05) is 6.42 Å². The van der Waals surface area contributed by atoms with Crippen LogP contribution in [0.4, 0.5) is 0 Å². The van der Waals surface area contributed by atoms with E-state index in [0.29, 0.717) is 24.0 Å². The Morgan fingerprint density at radius 3 is 2.73 bits per heavy atom. The van der Waals surface area contributed by atoms with Gasteiger partial charge in [-0.3, -0.25) is 4.79 Å². The van der Waals surface area contributed by atoms with Crippen molar-refractivity contribution in [2.75, 3.05) is 0 Å². The number of hydrogen-bond donors (Lipinski definition) is 2. The van der Waals surface area contributed by atoms with Crippen LogP contribution >= 0.6 is 0 Å². The second-order valence-corrected chi connectivity index (χ2v) is 6.20. The number of aliphatic carboxylic acids is 1. The van der Waals surface area contributed by atoms with Gasteiger partial charge in [0.1, 0.15) is 5.75 Å². The van der Waals surface area contributed by atoms with Crippen LogP contribution in [0, 0.1) is 5.92 Å². The average Bonchev–Trinajstić information content (AvgIpc) is 2.51. The number of hydrogen-bond acceptors (Lipinski definition) is 2. The predicted octanol–water partition coefficient (Wildman–Crippen LogP) is 4.87. The van der Waals surface area contributed by atoms with Crippen molar-refractivity contribution < 1.29 is 15.0 Å². The Labute approximate surface area is 132 Å². The van der Waals surface area contributed by atoms with E-state index in [2.05, 4.69) is 18.2 Å². The highest BCUT2D eigenvalue weighted by Crippen LogP contribution is 2.42. The number of para-hydroxylation sites is 1. The van der Waals surface area contributed by atoms with E-state index in [1.54, 1.807) is 6.07 Å². The van der Waals surface area contributed by atoms with Crippen molar-refractivity contribution in [1.82, 2.24) is 0 Å². The van der Waals surface area contributed by atoms with E-state index >= 15 is 0 Å². The first kappa shape index (κ1) is 16.6. The van der Waals surface area contributed by atoms with Crippen molar-refractivity contribution in [2.24, 2.45) is 5.92 Å². The van der Waals surface area contributed by atoms with E-state index in [4.69, 9.17) is 5.11 Å². The van der Waals surface area contributed by atoms with Gasteiger partial charge in [0.25, 0.3) is 0 Å². The standard InChI is InChI=1S/C19H26O3/c20-18-13-8-7-12-17(18)16-11-6-5-10-15(16)9-3-1-2-4-14-19(21)22/h1,3,7-8,12-13,15-16,20H,2,4-6,9-11,14H2,(H,21,22)/t15-,16+/m1/s1. The lowest BCUT2D eigenvalue weighted by atomic mass is 9.73. The molecule has 1 aliphatic rings. The Morgan fingerprint density at radius 1 is 1.18 bits per heavy atom. The van der Waals surface area contributed by atoms with Gasteiger partial charge in [-0.25, -0.2) is 0 Å². The van der Waals surface area contributed by atoms with E-state index in [-0.39, 0.29) is 6.42 Å². The van der Waals surface area contributed by atoms with E-state index in [9.17, 15) is 9.90 Å². The molecule has 1 fully saturated rings. The summed E-state index contributed by atoms with van der Waals surface area (Å²) < 4.78 is 0. The molecular formula is C19H26O3. The summed E-state index contributed by atoms with van der Waals surface area (Å²) in [6, 6.07) is 7.71. The lowest BCUT2D eigenvalue weighted by Crippen LogP contribution is -2.17. The van der Waals surface area contributed by atoms with Crippen LogP contribution in [-0.4, -0.2) is 16.2 Å². The Bertz CT molecular complexity index is 507. The third-order valence-electron chi connectivity index (χ3n) is 4.61. The van der Waals surface area contributed by atoms with Gasteiger partial charge in [-0.2, -0.15) is 0 Å². The lowest BCUT2D eigenvalue weighted by Gasteiger charge is -2.31. The topological polar surface area (TPSA) is 57.5 Å². The highest BCUT2D eigenvalue weighted by atomic mass is 16.4. The molecule has 0 unspecified atom stereocenters. The Kier molecular flexibility index (Phi) is 6.50. The molecule has 1 aromatic rings. The number of aromatic hydroxyl groups is 1. The zero-order valence-corrected chi connectivity index (χ0v) is 13.1. The lowest BCUT2D eigenvalue weighted by molar-refractivity contribution is -0.137. The summed E-state index contributed by atoms with van der Waals surface area (Å²) in [5, 5.41) is 18.7. The summed E-state index contributed by atoms with van der Waals surface area (Å²) in [6.45, 7) is 0. The van der Waals surface area contributed by atoms with Crippen LogP contribution in [0.5, 0.6) is 5.75 Å². The molecule has 1 aliphatic carbocycles.